The lowest BCUT2D eigenvalue weighted by Crippen LogP contribution is -2.46. The number of rotatable bonds is 4. The molecule has 0 radical (unpaired) electrons. The Morgan fingerprint density at radius 2 is 1.75 bits per heavy atom. The van der Waals surface area contributed by atoms with Crippen LogP contribution in [0.4, 0.5) is 4.79 Å². The predicted molar refractivity (Wildman–Crippen MR) is 116 cm³/mol. The van der Waals surface area contributed by atoms with Crippen LogP contribution in [-0.4, -0.2) is 46.1 Å². The summed E-state index contributed by atoms with van der Waals surface area (Å²) in [5.41, 5.74) is 2.15. The average Bonchev–Trinajstić information content (AvgIpc) is 3.34. The van der Waals surface area contributed by atoms with Gasteiger partial charge in [-0.1, -0.05) is 25.7 Å². The van der Waals surface area contributed by atoms with E-state index in [0.717, 1.165) is 47.7 Å². The Morgan fingerprint density at radius 3 is 2.50 bits per heavy atom. The summed E-state index contributed by atoms with van der Waals surface area (Å²) in [5, 5.41) is 2.90. The summed E-state index contributed by atoms with van der Waals surface area (Å²) < 4.78 is 12.8. The fourth-order valence-electron chi connectivity index (χ4n) is 5.19. The number of ketones is 1. The molecule has 2 fully saturated rings. The van der Waals surface area contributed by atoms with Crippen molar-refractivity contribution in [3.63, 3.8) is 0 Å². The summed E-state index contributed by atoms with van der Waals surface area (Å²) in [6.45, 7) is 3.73. The van der Waals surface area contributed by atoms with Crippen molar-refractivity contribution in [2.45, 2.75) is 57.9 Å². The van der Waals surface area contributed by atoms with Crippen LogP contribution in [-0.2, 0) is 4.79 Å². The van der Waals surface area contributed by atoms with Crippen LogP contribution >= 0.6 is 0 Å². The number of carbonyl (C=O) groups excluding carboxylic acids is 3. The molecule has 0 unspecified atom stereocenters. The average molecular weight is 437 g/mol. The number of Topliss-reactive ketones (excluding diaryl/α,β-unsaturated/α-hetero) is 1. The summed E-state index contributed by atoms with van der Waals surface area (Å²) in [6, 6.07) is 6.98. The van der Waals surface area contributed by atoms with Crippen molar-refractivity contribution in [3.8, 4) is 17.2 Å². The first-order chi connectivity index (χ1) is 15.4. The first-order valence-electron chi connectivity index (χ1n) is 11.2. The van der Waals surface area contributed by atoms with Gasteiger partial charge in [0.25, 0.3) is 5.91 Å². The van der Waals surface area contributed by atoms with Crippen LogP contribution in [0.2, 0.25) is 0 Å². The molecule has 3 amide bonds. The number of ether oxygens (including phenoxy) is 2. The largest absolute Gasteiger partial charge is 0.454 e. The second-order valence-corrected chi connectivity index (χ2v) is 8.90. The molecule has 2 aromatic rings. The van der Waals surface area contributed by atoms with Crippen LogP contribution in [0.15, 0.2) is 24.3 Å². The molecule has 1 spiro atoms. The number of fused-ring (bicyclic) bond motifs is 1. The standard InChI is InChI=1S/C24H27N3O5/c1-15-11-18(16(2)27(15)17-7-8-20-21(12-17)32-14-31-20)19(28)13-26-22(29)24(25-23(26)30)9-5-3-4-6-10-24/h7-8,11-12H,3-6,9-10,13-14H2,1-2H3,(H,25,30). The maximum absolute atomic E-state index is 13.2. The molecule has 2 aliphatic heterocycles. The Kier molecular flexibility index (Phi) is 4.95. The first kappa shape index (κ1) is 20.6. The van der Waals surface area contributed by atoms with Crippen molar-refractivity contribution in [2.24, 2.45) is 0 Å². The van der Waals surface area contributed by atoms with Gasteiger partial charge in [-0.25, -0.2) is 4.79 Å². The van der Waals surface area contributed by atoms with Crippen LogP contribution in [0, 0.1) is 13.8 Å². The minimum atomic E-state index is -0.836. The van der Waals surface area contributed by atoms with Crippen LogP contribution in [0.5, 0.6) is 11.5 Å². The van der Waals surface area contributed by atoms with Gasteiger partial charge in [0.15, 0.2) is 17.3 Å². The monoisotopic (exact) mass is 437 g/mol. The first-order valence-corrected chi connectivity index (χ1v) is 11.2. The number of hydrogen-bond acceptors (Lipinski definition) is 5. The van der Waals surface area contributed by atoms with Crippen molar-refractivity contribution in [3.05, 3.63) is 41.2 Å². The van der Waals surface area contributed by atoms with Gasteiger partial charge in [0, 0.05) is 28.7 Å². The normalized spacial score (nSPS) is 19.4. The van der Waals surface area contributed by atoms with Gasteiger partial charge in [-0.05, 0) is 44.9 Å². The molecule has 3 heterocycles. The third-order valence-electron chi connectivity index (χ3n) is 6.85. The Bertz CT molecular complexity index is 1110. The quantitative estimate of drug-likeness (QED) is 0.583. The number of benzene rings is 1. The molecule has 168 valence electrons. The van der Waals surface area contributed by atoms with E-state index >= 15 is 0 Å². The molecule has 8 nitrogen and oxygen atoms in total. The third-order valence-corrected chi connectivity index (χ3v) is 6.85. The molecule has 3 aliphatic rings. The summed E-state index contributed by atoms with van der Waals surface area (Å²) in [5.74, 6) is 0.844. The topological polar surface area (TPSA) is 89.9 Å². The second-order valence-electron chi connectivity index (χ2n) is 8.90. The fraction of sp³-hybridized carbons (Fsp3) is 0.458. The number of aryl methyl sites for hydroxylation is 1. The molecule has 0 atom stereocenters. The zero-order valence-electron chi connectivity index (χ0n) is 18.4. The van der Waals surface area contributed by atoms with E-state index in [9.17, 15) is 14.4 Å². The number of nitrogens with zero attached hydrogens (tertiary/aromatic N) is 2. The van der Waals surface area contributed by atoms with Crippen LogP contribution < -0.4 is 14.8 Å². The smallest absolute Gasteiger partial charge is 0.325 e. The van der Waals surface area contributed by atoms with Gasteiger partial charge in [-0.15, -0.1) is 0 Å². The van der Waals surface area contributed by atoms with Gasteiger partial charge in [-0.2, -0.15) is 0 Å². The molecular formula is C24H27N3O5. The van der Waals surface area contributed by atoms with Crippen LogP contribution in [0.1, 0.15) is 60.3 Å². The number of urea groups is 1. The van der Waals surface area contributed by atoms with Crippen molar-refractivity contribution in [1.82, 2.24) is 14.8 Å². The zero-order chi connectivity index (χ0) is 22.5. The highest BCUT2D eigenvalue weighted by Gasteiger charge is 2.51. The van der Waals surface area contributed by atoms with Gasteiger partial charge < -0.3 is 19.4 Å². The maximum Gasteiger partial charge on any atom is 0.325 e. The third kappa shape index (κ3) is 3.25. The molecule has 1 saturated heterocycles. The fourth-order valence-corrected chi connectivity index (χ4v) is 5.19. The van der Waals surface area contributed by atoms with Crippen molar-refractivity contribution in [2.75, 3.05) is 13.3 Å². The van der Waals surface area contributed by atoms with E-state index in [4.69, 9.17) is 9.47 Å². The molecule has 1 aromatic carbocycles. The highest BCUT2D eigenvalue weighted by atomic mass is 16.7. The lowest BCUT2D eigenvalue weighted by molar-refractivity contribution is -0.131. The summed E-state index contributed by atoms with van der Waals surface area (Å²) in [6.07, 6.45) is 5.22. The molecule has 8 heteroatoms. The van der Waals surface area contributed by atoms with E-state index in [0.29, 0.717) is 29.9 Å². The lowest BCUT2D eigenvalue weighted by Gasteiger charge is -2.24. The Hall–Kier alpha value is -3.29. The molecule has 1 saturated carbocycles. The molecule has 1 aromatic heterocycles. The lowest BCUT2D eigenvalue weighted by atomic mass is 9.90. The molecule has 5 rings (SSSR count). The highest BCUT2D eigenvalue weighted by Crippen LogP contribution is 2.35. The van der Waals surface area contributed by atoms with E-state index < -0.39 is 11.6 Å². The summed E-state index contributed by atoms with van der Waals surface area (Å²) in [7, 11) is 0. The Balaban J connectivity index is 1.39. The molecular weight excluding hydrogens is 410 g/mol. The second kappa shape index (κ2) is 7.69. The SMILES string of the molecule is Cc1cc(C(=O)CN2C(=O)NC3(CCCCCC3)C2=O)c(C)n1-c1ccc2c(c1)OCO2. The minimum absolute atomic E-state index is 0.194. The molecule has 1 N–H and O–H groups in total. The van der Waals surface area contributed by atoms with Crippen LogP contribution in [0.3, 0.4) is 0 Å². The summed E-state index contributed by atoms with van der Waals surface area (Å²) in [4.78, 5) is 40.1. The highest BCUT2D eigenvalue weighted by molar-refractivity contribution is 6.11. The van der Waals surface area contributed by atoms with Crippen molar-refractivity contribution >= 4 is 17.7 Å². The maximum atomic E-state index is 13.2. The van der Waals surface area contributed by atoms with E-state index in [2.05, 4.69) is 5.32 Å². The number of amides is 3. The Morgan fingerprint density at radius 1 is 1.03 bits per heavy atom. The minimum Gasteiger partial charge on any atom is -0.454 e. The van der Waals surface area contributed by atoms with E-state index in [1.54, 1.807) is 0 Å². The van der Waals surface area contributed by atoms with Crippen molar-refractivity contribution in [1.29, 1.82) is 0 Å². The predicted octanol–water partition coefficient (Wildman–Crippen LogP) is 3.65. The number of aromatic nitrogens is 1. The van der Waals surface area contributed by atoms with Gasteiger partial charge in [-0.3, -0.25) is 14.5 Å². The van der Waals surface area contributed by atoms with Gasteiger partial charge in [0.2, 0.25) is 6.79 Å². The van der Waals surface area contributed by atoms with Gasteiger partial charge in [0.1, 0.15) is 5.54 Å². The van der Waals surface area contributed by atoms with Gasteiger partial charge >= 0.3 is 6.03 Å². The number of hydrogen-bond donors (Lipinski definition) is 1. The summed E-state index contributed by atoms with van der Waals surface area (Å²) >= 11 is 0. The molecule has 1 aliphatic carbocycles. The van der Waals surface area contributed by atoms with E-state index in [1.165, 1.54) is 0 Å². The van der Waals surface area contributed by atoms with Crippen molar-refractivity contribution < 1.29 is 23.9 Å². The van der Waals surface area contributed by atoms with E-state index in [1.807, 2.05) is 42.7 Å². The number of imide groups is 1. The van der Waals surface area contributed by atoms with Gasteiger partial charge in [0.05, 0.1) is 6.54 Å². The number of carbonyl (C=O) groups is 3. The zero-order valence-corrected chi connectivity index (χ0v) is 18.4. The number of nitrogens with one attached hydrogen (secondary N) is 1. The Labute approximate surface area is 186 Å². The van der Waals surface area contributed by atoms with Crippen LogP contribution in [0.25, 0.3) is 5.69 Å². The van der Waals surface area contributed by atoms with E-state index in [-0.39, 0.29) is 25.0 Å². The molecule has 0 bridgehead atoms. The molecule has 32 heavy (non-hydrogen) atoms.